The van der Waals surface area contributed by atoms with Crippen LogP contribution in [0.15, 0.2) is 50.2 Å². The molecule has 1 fully saturated rings. The molecule has 1 saturated heterocycles. The lowest BCUT2D eigenvalue weighted by Crippen LogP contribution is -2.27. The first-order valence-electron chi connectivity index (χ1n) is 7.73. The second-order valence-electron chi connectivity index (χ2n) is 5.77. The van der Waals surface area contributed by atoms with Gasteiger partial charge in [0.25, 0.3) is 11.1 Å². The zero-order valence-electron chi connectivity index (χ0n) is 14.1. The van der Waals surface area contributed by atoms with Gasteiger partial charge in [-0.25, -0.2) is 0 Å². The van der Waals surface area contributed by atoms with Crippen LogP contribution in [0.4, 0.5) is 4.79 Å². The van der Waals surface area contributed by atoms with Gasteiger partial charge < -0.3 is 4.74 Å². The van der Waals surface area contributed by atoms with Crippen molar-refractivity contribution in [3.8, 4) is 5.75 Å². The normalized spacial score (nSPS) is 15.8. The Morgan fingerprint density at radius 1 is 1.19 bits per heavy atom. The summed E-state index contributed by atoms with van der Waals surface area (Å²) >= 11 is 7.82. The van der Waals surface area contributed by atoms with Crippen molar-refractivity contribution < 1.29 is 14.3 Å². The first-order chi connectivity index (χ1) is 12.4. The summed E-state index contributed by atoms with van der Waals surface area (Å²) in [5.74, 6) is 0.318. The molecule has 1 aliphatic rings. The minimum absolute atomic E-state index is 0.267. The lowest BCUT2D eigenvalue weighted by Gasteiger charge is -2.13. The highest BCUT2D eigenvalue weighted by molar-refractivity contribution is 9.11. The van der Waals surface area contributed by atoms with Crippen molar-refractivity contribution in [2.75, 3.05) is 7.11 Å². The van der Waals surface area contributed by atoms with Crippen LogP contribution in [0.3, 0.4) is 0 Å². The maximum Gasteiger partial charge on any atom is 0.293 e. The third kappa shape index (κ3) is 4.05. The molecule has 1 heterocycles. The van der Waals surface area contributed by atoms with E-state index < -0.39 is 0 Å². The van der Waals surface area contributed by atoms with E-state index in [4.69, 9.17) is 4.74 Å². The molecular formula is C19H15Br2NO3S. The SMILES string of the molecule is COc1c(Br)cc(Br)cc1/C=C1\SC(=O)N(Cc2cccc(C)c2)C1=O. The van der Waals surface area contributed by atoms with Gasteiger partial charge >= 0.3 is 0 Å². The second-order valence-corrected chi connectivity index (χ2v) is 8.53. The fraction of sp³-hybridized carbons (Fsp3) is 0.158. The molecule has 0 aliphatic carbocycles. The van der Waals surface area contributed by atoms with Crippen LogP contribution in [0.5, 0.6) is 5.75 Å². The number of ether oxygens (including phenoxy) is 1. The first kappa shape index (κ1) is 19.2. The summed E-state index contributed by atoms with van der Waals surface area (Å²) in [4.78, 5) is 26.7. The molecule has 4 nitrogen and oxygen atoms in total. The largest absolute Gasteiger partial charge is 0.495 e. The second kappa shape index (κ2) is 7.98. The van der Waals surface area contributed by atoms with Crippen LogP contribution >= 0.6 is 43.6 Å². The number of hydrogen-bond donors (Lipinski definition) is 0. The third-order valence-corrected chi connectivity index (χ3v) is 5.78. The third-order valence-electron chi connectivity index (χ3n) is 3.82. The van der Waals surface area contributed by atoms with E-state index in [1.54, 1.807) is 13.2 Å². The Morgan fingerprint density at radius 3 is 2.65 bits per heavy atom. The summed E-state index contributed by atoms with van der Waals surface area (Å²) in [6.45, 7) is 2.25. The van der Waals surface area contributed by atoms with Gasteiger partial charge in [-0.1, -0.05) is 45.8 Å². The molecule has 134 valence electrons. The van der Waals surface area contributed by atoms with E-state index in [0.717, 1.165) is 37.4 Å². The minimum Gasteiger partial charge on any atom is -0.495 e. The van der Waals surface area contributed by atoms with E-state index in [9.17, 15) is 9.59 Å². The molecular weight excluding hydrogens is 482 g/mol. The number of thioether (sulfide) groups is 1. The molecule has 0 bridgehead atoms. The summed E-state index contributed by atoms with van der Waals surface area (Å²) in [5, 5.41) is -0.268. The molecule has 2 amide bonds. The summed E-state index contributed by atoms with van der Waals surface area (Å²) in [6, 6.07) is 11.5. The average molecular weight is 497 g/mol. The van der Waals surface area contributed by atoms with E-state index in [0.29, 0.717) is 10.7 Å². The number of amides is 2. The zero-order valence-corrected chi connectivity index (χ0v) is 18.1. The molecule has 7 heteroatoms. The van der Waals surface area contributed by atoms with Crippen molar-refractivity contribution in [1.82, 2.24) is 4.90 Å². The van der Waals surface area contributed by atoms with Gasteiger partial charge in [0.05, 0.1) is 23.0 Å². The Kier molecular flexibility index (Phi) is 5.89. The van der Waals surface area contributed by atoms with E-state index in [2.05, 4.69) is 31.9 Å². The Hall–Kier alpha value is -1.57. The van der Waals surface area contributed by atoms with Gasteiger partial charge in [-0.2, -0.15) is 0 Å². The predicted octanol–water partition coefficient (Wildman–Crippen LogP) is 5.77. The number of imide groups is 1. The molecule has 0 unspecified atom stereocenters. The highest BCUT2D eigenvalue weighted by atomic mass is 79.9. The minimum atomic E-state index is -0.292. The van der Waals surface area contributed by atoms with Gasteiger partial charge in [-0.3, -0.25) is 14.5 Å². The van der Waals surface area contributed by atoms with Crippen molar-refractivity contribution in [1.29, 1.82) is 0 Å². The molecule has 26 heavy (non-hydrogen) atoms. The maximum atomic E-state index is 12.7. The number of aryl methyl sites for hydroxylation is 1. The van der Waals surface area contributed by atoms with Gasteiger partial charge in [0, 0.05) is 10.0 Å². The van der Waals surface area contributed by atoms with Gasteiger partial charge in [-0.15, -0.1) is 0 Å². The number of rotatable bonds is 4. The van der Waals surface area contributed by atoms with Crippen LogP contribution in [0.25, 0.3) is 6.08 Å². The van der Waals surface area contributed by atoms with Gasteiger partial charge in [-0.05, 0) is 58.4 Å². The number of methoxy groups -OCH3 is 1. The number of benzene rings is 2. The fourth-order valence-electron chi connectivity index (χ4n) is 2.67. The van der Waals surface area contributed by atoms with Crippen molar-refractivity contribution in [2.24, 2.45) is 0 Å². The molecule has 2 aromatic carbocycles. The highest BCUT2D eigenvalue weighted by Crippen LogP contribution is 2.38. The number of hydrogen-bond acceptors (Lipinski definition) is 4. The number of halogens is 2. The molecule has 0 saturated carbocycles. The number of nitrogens with zero attached hydrogens (tertiary/aromatic N) is 1. The standard InChI is InChI=1S/C19H15Br2NO3S/c1-11-4-3-5-12(6-11)10-22-18(23)16(26-19(22)24)8-13-7-14(20)9-15(21)17(13)25-2/h3-9H,10H2,1-2H3/b16-8-. The molecule has 0 radical (unpaired) electrons. The summed E-state index contributed by atoms with van der Waals surface area (Å²) in [5.41, 5.74) is 2.74. The quantitative estimate of drug-likeness (QED) is 0.504. The summed E-state index contributed by atoms with van der Waals surface area (Å²) < 4.78 is 7.01. The Bertz CT molecular complexity index is 927. The molecule has 3 rings (SSSR count). The lowest BCUT2D eigenvalue weighted by molar-refractivity contribution is -0.123. The Labute approximate surface area is 172 Å². The summed E-state index contributed by atoms with van der Waals surface area (Å²) in [6.07, 6.45) is 1.69. The van der Waals surface area contributed by atoms with Crippen LogP contribution < -0.4 is 4.74 Å². The van der Waals surface area contributed by atoms with Gasteiger partial charge in [0.15, 0.2) is 0 Å². The van der Waals surface area contributed by atoms with Crippen LogP contribution in [-0.2, 0) is 11.3 Å². The van der Waals surface area contributed by atoms with Crippen molar-refractivity contribution in [2.45, 2.75) is 13.5 Å². The van der Waals surface area contributed by atoms with Crippen molar-refractivity contribution in [3.63, 3.8) is 0 Å². The van der Waals surface area contributed by atoms with E-state index >= 15 is 0 Å². The number of carbonyl (C=O) groups is 2. The first-order valence-corrected chi connectivity index (χ1v) is 10.1. The van der Waals surface area contributed by atoms with Crippen LogP contribution in [-0.4, -0.2) is 23.2 Å². The monoisotopic (exact) mass is 495 g/mol. The highest BCUT2D eigenvalue weighted by Gasteiger charge is 2.35. The van der Waals surface area contributed by atoms with Crippen molar-refractivity contribution >= 4 is 60.8 Å². The zero-order chi connectivity index (χ0) is 18.8. The maximum absolute atomic E-state index is 12.7. The van der Waals surface area contributed by atoms with Gasteiger partial charge in [0.1, 0.15) is 5.75 Å². The molecule has 1 aliphatic heterocycles. The Morgan fingerprint density at radius 2 is 1.96 bits per heavy atom. The Balaban J connectivity index is 1.90. The average Bonchev–Trinajstić information content (AvgIpc) is 2.82. The summed E-state index contributed by atoms with van der Waals surface area (Å²) in [7, 11) is 1.56. The smallest absolute Gasteiger partial charge is 0.293 e. The van der Waals surface area contributed by atoms with Crippen LogP contribution in [0.1, 0.15) is 16.7 Å². The van der Waals surface area contributed by atoms with E-state index in [-0.39, 0.29) is 17.7 Å². The molecule has 2 aromatic rings. The molecule has 0 N–H and O–H groups in total. The fourth-order valence-corrected chi connectivity index (χ4v) is 4.92. The van der Waals surface area contributed by atoms with Crippen LogP contribution in [0.2, 0.25) is 0 Å². The molecule has 0 atom stereocenters. The van der Waals surface area contributed by atoms with E-state index in [1.165, 1.54) is 4.90 Å². The van der Waals surface area contributed by atoms with Gasteiger partial charge in [0.2, 0.25) is 0 Å². The molecule has 0 spiro atoms. The molecule has 0 aromatic heterocycles. The lowest BCUT2D eigenvalue weighted by atomic mass is 10.1. The predicted molar refractivity (Wildman–Crippen MR) is 111 cm³/mol. The van der Waals surface area contributed by atoms with Crippen LogP contribution in [0, 0.1) is 6.92 Å². The number of carbonyl (C=O) groups excluding carboxylic acids is 2. The van der Waals surface area contributed by atoms with E-state index in [1.807, 2.05) is 43.3 Å². The topological polar surface area (TPSA) is 46.6 Å². The van der Waals surface area contributed by atoms with Crippen molar-refractivity contribution in [3.05, 3.63) is 66.9 Å².